The van der Waals surface area contributed by atoms with Gasteiger partial charge in [-0.15, -0.1) is 0 Å². The zero-order valence-corrected chi connectivity index (χ0v) is 53.2. The van der Waals surface area contributed by atoms with E-state index in [0.717, 1.165) is 70.6 Å². The molecule has 0 aliphatic rings. The van der Waals surface area contributed by atoms with E-state index in [2.05, 4.69) is 74.6 Å². The number of rotatable bonds is 63. The van der Waals surface area contributed by atoms with E-state index in [1.165, 1.54) is 212 Å². The van der Waals surface area contributed by atoms with E-state index in [1.54, 1.807) is 0 Å². The zero-order chi connectivity index (χ0) is 58.3. The third-order valence-corrected chi connectivity index (χ3v) is 15.0. The molecule has 0 spiro atoms. The predicted octanol–water partition coefficient (Wildman–Crippen LogP) is 19.4. The van der Waals surface area contributed by atoms with Crippen LogP contribution >= 0.6 is 0 Å². The van der Waals surface area contributed by atoms with E-state index >= 15 is 0 Å². The van der Waals surface area contributed by atoms with Crippen LogP contribution in [0.15, 0.2) is 60.8 Å². The van der Waals surface area contributed by atoms with Crippen molar-refractivity contribution in [1.29, 1.82) is 0 Å². The standard InChI is InChI=1S/C71H129NO8/c1-6-8-10-12-14-16-18-20-22-24-26-27-28-29-30-31-32-33-34-35-36-37-38-39-40-41-42-44-45-47-49-51-53-55-57-59-61-68(73)78-65-67(66-79-71(70(75)76)77-64-63-72(3,4)5)80-69(74)62-60-58-56-54-52-50-48-46-43-25-23-21-19-17-15-13-11-9-7-2/h9,11,15,17,21,23,43,46,50,52,67,71H,6-8,10,12-14,16,18-20,22,24-42,44-45,47-49,51,53-66H2,1-5H3/b11-9-,17-15-,23-21-,46-43-,52-50-. The Morgan fingerprint density at radius 2 is 0.713 bits per heavy atom. The summed E-state index contributed by atoms with van der Waals surface area (Å²) < 4.78 is 22.7. The van der Waals surface area contributed by atoms with Gasteiger partial charge in [0.05, 0.1) is 40.3 Å². The van der Waals surface area contributed by atoms with Crippen LogP contribution in [0.1, 0.15) is 316 Å². The van der Waals surface area contributed by atoms with Crippen LogP contribution in [-0.4, -0.2) is 82.3 Å². The van der Waals surface area contributed by atoms with Crippen molar-refractivity contribution in [2.45, 2.75) is 328 Å². The fourth-order valence-electron chi connectivity index (χ4n) is 9.86. The molecule has 0 aromatic rings. The maximum absolute atomic E-state index is 12.9. The van der Waals surface area contributed by atoms with Gasteiger partial charge in [0.1, 0.15) is 13.2 Å². The molecule has 9 nitrogen and oxygen atoms in total. The Morgan fingerprint density at radius 1 is 0.388 bits per heavy atom. The van der Waals surface area contributed by atoms with E-state index in [-0.39, 0.29) is 38.6 Å². The van der Waals surface area contributed by atoms with Crippen LogP contribution < -0.4 is 5.11 Å². The number of nitrogens with zero attached hydrogens (tertiary/aromatic N) is 1. The summed E-state index contributed by atoms with van der Waals surface area (Å²) in [6, 6.07) is 0. The minimum atomic E-state index is -1.63. The Morgan fingerprint density at radius 3 is 1.06 bits per heavy atom. The summed E-state index contributed by atoms with van der Waals surface area (Å²) in [7, 11) is 5.92. The van der Waals surface area contributed by atoms with Crippen LogP contribution in [0.5, 0.6) is 0 Å². The van der Waals surface area contributed by atoms with Crippen molar-refractivity contribution in [1.82, 2.24) is 0 Å². The number of quaternary nitrogens is 1. The lowest BCUT2D eigenvalue weighted by Crippen LogP contribution is -2.44. The van der Waals surface area contributed by atoms with E-state index < -0.39 is 24.3 Å². The Balaban J connectivity index is 4.02. The summed E-state index contributed by atoms with van der Waals surface area (Å²) in [5.41, 5.74) is 0. The van der Waals surface area contributed by atoms with Crippen LogP contribution in [0.4, 0.5) is 0 Å². The first-order valence-corrected chi connectivity index (χ1v) is 33.9. The van der Waals surface area contributed by atoms with Crippen LogP contribution in [-0.2, 0) is 33.3 Å². The van der Waals surface area contributed by atoms with Crippen molar-refractivity contribution in [3.8, 4) is 0 Å². The molecular formula is C71H129NO8. The Bertz CT molecular complexity index is 1500. The summed E-state index contributed by atoms with van der Waals surface area (Å²) in [6.07, 6.45) is 77.6. The Kier molecular flexibility index (Phi) is 59.7. The maximum atomic E-state index is 12.9. The van der Waals surface area contributed by atoms with E-state index in [4.69, 9.17) is 18.9 Å². The van der Waals surface area contributed by atoms with Gasteiger partial charge in [-0.1, -0.05) is 306 Å². The summed E-state index contributed by atoms with van der Waals surface area (Å²) >= 11 is 0. The fourth-order valence-corrected chi connectivity index (χ4v) is 9.86. The molecule has 0 saturated carbocycles. The molecule has 0 aromatic carbocycles. The molecule has 466 valence electrons. The third kappa shape index (κ3) is 62.6. The number of hydrogen-bond acceptors (Lipinski definition) is 8. The number of carboxylic acid groups (broad SMARTS) is 1. The first kappa shape index (κ1) is 77.0. The van der Waals surface area contributed by atoms with Crippen LogP contribution in [0.3, 0.4) is 0 Å². The van der Waals surface area contributed by atoms with Crippen LogP contribution in [0.25, 0.3) is 0 Å². The molecule has 2 unspecified atom stereocenters. The lowest BCUT2D eigenvalue weighted by atomic mass is 10.0. The zero-order valence-electron chi connectivity index (χ0n) is 53.2. The van der Waals surface area contributed by atoms with Crippen molar-refractivity contribution in [3.63, 3.8) is 0 Å². The number of carbonyl (C=O) groups is 3. The largest absolute Gasteiger partial charge is 0.545 e. The fraction of sp³-hybridized carbons (Fsp3) is 0.817. The highest BCUT2D eigenvalue weighted by Gasteiger charge is 2.22. The second-order valence-corrected chi connectivity index (χ2v) is 24.1. The molecule has 0 rings (SSSR count). The molecule has 0 N–H and O–H groups in total. The van der Waals surface area contributed by atoms with Gasteiger partial charge in [0.25, 0.3) is 0 Å². The lowest BCUT2D eigenvalue weighted by Gasteiger charge is -2.26. The maximum Gasteiger partial charge on any atom is 0.306 e. The number of carboxylic acids is 1. The van der Waals surface area contributed by atoms with Gasteiger partial charge in [0.15, 0.2) is 12.4 Å². The molecule has 0 aliphatic carbocycles. The van der Waals surface area contributed by atoms with Crippen LogP contribution in [0, 0.1) is 0 Å². The summed E-state index contributed by atoms with van der Waals surface area (Å²) in [5.74, 6) is -2.32. The molecule has 2 atom stereocenters. The normalized spacial score (nSPS) is 13.1. The minimum Gasteiger partial charge on any atom is -0.545 e. The van der Waals surface area contributed by atoms with Crippen molar-refractivity contribution >= 4 is 17.9 Å². The molecule has 80 heavy (non-hydrogen) atoms. The number of ether oxygens (including phenoxy) is 4. The number of esters is 2. The van der Waals surface area contributed by atoms with E-state index in [0.29, 0.717) is 17.4 Å². The van der Waals surface area contributed by atoms with Gasteiger partial charge in [-0.05, 0) is 57.8 Å². The highest BCUT2D eigenvalue weighted by Crippen LogP contribution is 2.18. The second kappa shape index (κ2) is 62.0. The molecule has 0 amide bonds. The number of carbonyl (C=O) groups excluding carboxylic acids is 3. The minimum absolute atomic E-state index is 0.140. The monoisotopic (exact) mass is 1120 g/mol. The molecule has 0 aromatic heterocycles. The van der Waals surface area contributed by atoms with Gasteiger partial charge < -0.3 is 33.3 Å². The molecule has 9 heteroatoms. The third-order valence-electron chi connectivity index (χ3n) is 15.0. The van der Waals surface area contributed by atoms with Gasteiger partial charge in [-0.3, -0.25) is 9.59 Å². The summed E-state index contributed by atoms with van der Waals surface area (Å²) in [4.78, 5) is 37.4. The Labute approximate surface area is 495 Å². The second-order valence-electron chi connectivity index (χ2n) is 24.1. The molecule has 0 aliphatic heterocycles. The van der Waals surface area contributed by atoms with Gasteiger partial charge in [-0.2, -0.15) is 0 Å². The molecule has 0 heterocycles. The number of aliphatic carboxylic acids is 1. The number of allylic oxidation sites excluding steroid dienone is 10. The number of unbranched alkanes of at least 4 members (excludes halogenated alkanes) is 38. The predicted molar refractivity (Wildman–Crippen MR) is 338 cm³/mol. The van der Waals surface area contributed by atoms with Crippen LogP contribution in [0.2, 0.25) is 0 Å². The molecule has 0 fully saturated rings. The molecule has 0 saturated heterocycles. The molecule has 0 bridgehead atoms. The van der Waals surface area contributed by atoms with Crippen molar-refractivity contribution in [3.05, 3.63) is 60.8 Å². The van der Waals surface area contributed by atoms with Gasteiger partial charge in [0, 0.05) is 12.8 Å². The topological polar surface area (TPSA) is 111 Å². The average Bonchev–Trinajstić information content (AvgIpc) is 3.43. The highest BCUT2D eigenvalue weighted by molar-refractivity contribution is 5.70. The van der Waals surface area contributed by atoms with Crippen molar-refractivity contribution < 1.29 is 42.9 Å². The first-order valence-electron chi connectivity index (χ1n) is 33.9. The Hall–Kier alpha value is -3.01. The van der Waals surface area contributed by atoms with Crippen molar-refractivity contribution in [2.24, 2.45) is 0 Å². The molecule has 0 radical (unpaired) electrons. The first-order chi connectivity index (χ1) is 39.1. The highest BCUT2D eigenvalue weighted by atomic mass is 16.7. The van der Waals surface area contributed by atoms with E-state index in [1.807, 2.05) is 21.1 Å². The van der Waals surface area contributed by atoms with Gasteiger partial charge >= 0.3 is 11.9 Å². The quantitative estimate of drug-likeness (QED) is 0.0195. The van der Waals surface area contributed by atoms with Gasteiger partial charge in [-0.25, -0.2) is 0 Å². The lowest BCUT2D eigenvalue weighted by molar-refractivity contribution is -0.870. The molecular weight excluding hydrogens is 995 g/mol. The number of likely N-dealkylation sites (N-methyl/N-ethyl adjacent to an activating group) is 1. The number of hydrogen-bond donors (Lipinski definition) is 0. The van der Waals surface area contributed by atoms with E-state index in [9.17, 15) is 19.5 Å². The van der Waals surface area contributed by atoms with Gasteiger partial charge in [0.2, 0.25) is 0 Å². The summed E-state index contributed by atoms with van der Waals surface area (Å²) in [6.45, 7) is 4.63. The SMILES string of the molecule is CC/C=C\C/C=C\C/C=C\C/C=C\C/C=C\CCCCCC(=O)OC(COC(=O)CCCCCCCCCCCCCCCCCCCCCCCCCCCCCCCCCCCCCC)COC(OCC[N+](C)(C)C)C(=O)[O-]. The average molecular weight is 1120 g/mol. The smallest absolute Gasteiger partial charge is 0.306 e. The van der Waals surface area contributed by atoms with Crippen molar-refractivity contribution in [2.75, 3.05) is 47.5 Å². The summed E-state index contributed by atoms with van der Waals surface area (Å²) in [5, 5.41) is 11.8.